The topological polar surface area (TPSA) is 43.6 Å². The first-order valence-electron chi connectivity index (χ1n) is 15.7. The van der Waals surface area contributed by atoms with Gasteiger partial charge in [-0.25, -0.2) is 4.98 Å². The van der Waals surface area contributed by atoms with E-state index in [-0.39, 0.29) is 0 Å². The molecule has 0 spiro atoms. The van der Waals surface area contributed by atoms with Crippen LogP contribution in [0.25, 0.3) is 77.6 Å². The predicted molar refractivity (Wildman–Crippen MR) is 198 cm³/mol. The van der Waals surface area contributed by atoms with Crippen molar-refractivity contribution in [1.29, 1.82) is 0 Å². The van der Waals surface area contributed by atoms with E-state index in [1.54, 1.807) is 0 Å². The summed E-state index contributed by atoms with van der Waals surface area (Å²) in [4.78, 5) is 16.9. The molecule has 9 rings (SSSR count). The van der Waals surface area contributed by atoms with Gasteiger partial charge in [0.05, 0.1) is 11.0 Å². The van der Waals surface area contributed by atoms with Crippen molar-refractivity contribution in [3.63, 3.8) is 0 Å². The lowest BCUT2D eigenvalue weighted by atomic mass is 9.96. The minimum atomic E-state index is 0.574. The predicted octanol–water partition coefficient (Wildman–Crippen LogP) is 10.8. The highest BCUT2D eigenvalue weighted by Gasteiger charge is 2.25. The van der Waals surface area contributed by atoms with Gasteiger partial charge < -0.3 is 0 Å². The number of fused-ring (bicyclic) bond motifs is 9. The quantitative estimate of drug-likeness (QED) is 0.197. The van der Waals surface area contributed by atoms with Crippen LogP contribution in [0, 0.1) is 0 Å². The molecule has 4 nitrogen and oxygen atoms in total. The fourth-order valence-electron chi connectivity index (χ4n) is 6.79. The third kappa shape index (κ3) is 4.50. The van der Waals surface area contributed by atoms with E-state index in [4.69, 9.17) is 15.0 Å². The number of aromatic nitrogens is 4. The normalized spacial score (nSPS) is 14.6. The molecule has 1 aliphatic heterocycles. The van der Waals surface area contributed by atoms with Crippen LogP contribution < -0.4 is 0 Å². The number of thioether (sulfide) groups is 1. The van der Waals surface area contributed by atoms with Crippen molar-refractivity contribution in [3.05, 3.63) is 158 Å². The molecule has 1 aliphatic rings. The molecular formula is C42H28N4S. The lowest BCUT2D eigenvalue weighted by Crippen LogP contribution is -2.08. The van der Waals surface area contributed by atoms with E-state index in [1.807, 2.05) is 30.0 Å². The number of hydrogen-bond donors (Lipinski definition) is 0. The zero-order valence-electron chi connectivity index (χ0n) is 25.5. The molecule has 0 saturated carbocycles. The maximum Gasteiger partial charge on any atom is 0.238 e. The van der Waals surface area contributed by atoms with Crippen molar-refractivity contribution < 1.29 is 0 Å². The Balaban J connectivity index is 1.46. The largest absolute Gasteiger partial charge is 0.277 e. The van der Waals surface area contributed by atoms with E-state index in [2.05, 4.69) is 139 Å². The van der Waals surface area contributed by atoms with E-state index in [1.165, 1.54) is 21.1 Å². The van der Waals surface area contributed by atoms with Crippen LogP contribution in [0.4, 0.5) is 0 Å². The van der Waals surface area contributed by atoms with Crippen LogP contribution in [-0.4, -0.2) is 25.3 Å². The van der Waals surface area contributed by atoms with Crippen molar-refractivity contribution in [3.8, 4) is 28.7 Å². The fourth-order valence-corrected chi connectivity index (χ4v) is 7.87. The van der Waals surface area contributed by atoms with Crippen molar-refractivity contribution >= 4 is 60.7 Å². The first-order valence-corrected chi connectivity index (χ1v) is 16.7. The highest BCUT2D eigenvalue weighted by atomic mass is 32.2. The SMILES string of the molecule is C=C1/C=C\C=C/CSc2c1c1c(c3ccccc23)c2ccccc2n1-c1nc(-c2ccccc2)nc(-c2cccc3ccccc23)n1. The van der Waals surface area contributed by atoms with Crippen LogP contribution in [0.15, 0.2) is 157 Å². The molecule has 5 heteroatoms. The Labute approximate surface area is 276 Å². The lowest BCUT2D eigenvalue weighted by Gasteiger charge is -2.18. The summed E-state index contributed by atoms with van der Waals surface area (Å²) >= 11 is 1.85. The van der Waals surface area contributed by atoms with Gasteiger partial charge in [0.25, 0.3) is 0 Å². The number of nitrogens with zero attached hydrogens (tertiary/aromatic N) is 4. The second kappa shape index (κ2) is 11.2. The van der Waals surface area contributed by atoms with Gasteiger partial charge >= 0.3 is 0 Å². The van der Waals surface area contributed by atoms with Gasteiger partial charge in [-0.3, -0.25) is 4.57 Å². The van der Waals surface area contributed by atoms with Gasteiger partial charge in [0.1, 0.15) is 0 Å². The van der Waals surface area contributed by atoms with Crippen LogP contribution in [0.5, 0.6) is 0 Å². The number of para-hydroxylation sites is 1. The summed E-state index contributed by atoms with van der Waals surface area (Å²) in [6.07, 6.45) is 8.50. The number of rotatable bonds is 3. The van der Waals surface area contributed by atoms with Gasteiger partial charge in [-0.1, -0.05) is 146 Å². The summed E-state index contributed by atoms with van der Waals surface area (Å²) in [6, 6.07) is 42.2. The molecule has 3 heterocycles. The van der Waals surface area contributed by atoms with Gasteiger partial charge in [0, 0.05) is 38.1 Å². The summed E-state index contributed by atoms with van der Waals surface area (Å²) in [7, 11) is 0. The Morgan fingerprint density at radius 3 is 2.19 bits per heavy atom. The van der Waals surface area contributed by atoms with Gasteiger partial charge in [-0.05, 0) is 33.2 Å². The number of hydrogen-bond acceptors (Lipinski definition) is 4. The summed E-state index contributed by atoms with van der Waals surface area (Å²) in [5.74, 6) is 2.69. The van der Waals surface area contributed by atoms with Gasteiger partial charge in [0.15, 0.2) is 11.6 Å². The van der Waals surface area contributed by atoms with Crippen molar-refractivity contribution in [2.24, 2.45) is 0 Å². The second-order valence-corrected chi connectivity index (χ2v) is 12.7. The molecule has 8 aromatic rings. The molecule has 0 atom stereocenters. The highest BCUT2D eigenvalue weighted by molar-refractivity contribution is 7.99. The van der Waals surface area contributed by atoms with E-state index in [0.29, 0.717) is 17.6 Å². The molecule has 0 fully saturated rings. The molecule has 222 valence electrons. The van der Waals surface area contributed by atoms with Crippen LogP contribution in [0.3, 0.4) is 0 Å². The third-order valence-electron chi connectivity index (χ3n) is 8.86. The zero-order chi connectivity index (χ0) is 31.3. The summed E-state index contributed by atoms with van der Waals surface area (Å²) < 4.78 is 2.24. The lowest BCUT2D eigenvalue weighted by molar-refractivity contribution is 0.953. The number of benzene rings is 6. The average Bonchev–Trinajstić information content (AvgIpc) is 3.51. The molecule has 0 saturated heterocycles. The molecule has 6 aromatic carbocycles. The first kappa shape index (κ1) is 27.5. The Morgan fingerprint density at radius 1 is 0.617 bits per heavy atom. The van der Waals surface area contributed by atoms with Crippen LogP contribution in [0.2, 0.25) is 0 Å². The van der Waals surface area contributed by atoms with Gasteiger partial charge in [0.2, 0.25) is 5.95 Å². The standard InChI is InChI=1S/C42H28N4S/c1-27-15-4-3-13-26-47-39-32-22-10-9-21-31(32)37-34-23-11-12-25-35(34)46(38(37)36(27)39)42-44-40(29-17-5-2-6-18-29)43-41(45-42)33-24-14-19-28-16-7-8-20-30(28)33/h2-25H,1,26H2/b13-3-,15-4-. The third-order valence-corrected chi connectivity index (χ3v) is 9.93. The second-order valence-electron chi connectivity index (χ2n) is 11.6. The van der Waals surface area contributed by atoms with Gasteiger partial charge in [-0.15, -0.1) is 11.8 Å². The smallest absolute Gasteiger partial charge is 0.238 e. The van der Waals surface area contributed by atoms with Crippen LogP contribution >= 0.6 is 11.8 Å². The molecule has 0 N–H and O–H groups in total. The van der Waals surface area contributed by atoms with E-state index >= 15 is 0 Å². The molecule has 2 aromatic heterocycles. The van der Waals surface area contributed by atoms with Crippen molar-refractivity contribution in [2.45, 2.75) is 4.90 Å². The molecule has 0 bridgehead atoms. The minimum absolute atomic E-state index is 0.574. The van der Waals surface area contributed by atoms with Gasteiger partial charge in [-0.2, -0.15) is 9.97 Å². The zero-order valence-corrected chi connectivity index (χ0v) is 26.3. The monoisotopic (exact) mass is 620 g/mol. The Morgan fingerprint density at radius 2 is 1.32 bits per heavy atom. The van der Waals surface area contributed by atoms with Crippen molar-refractivity contribution in [2.75, 3.05) is 5.75 Å². The van der Waals surface area contributed by atoms with Crippen LogP contribution in [-0.2, 0) is 0 Å². The highest BCUT2D eigenvalue weighted by Crippen LogP contribution is 2.46. The Bertz CT molecular complexity index is 2590. The molecule has 0 amide bonds. The fraction of sp³-hybridized carbons (Fsp3) is 0.0238. The molecule has 0 unspecified atom stereocenters. The molecule has 0 aliphatic carbocycles. The first-order chi connectivity index (χ1) is 23.3. The molecule has 0 radical (unpaired) electrons. The maximum absolute atomic E-state index is 5.31. The minimum Gasteiger partial charge on any atom is -0.277 e. The van der Waals surface area contributed by atoms with Crippen LogP contribution in [0.1, 0.15) is 5.56 Å². The molecular weight excluding hydrogens is 593 g/mol. The summed E-state index contributed by atoms with van der Waals surface area (Å²) in [5.41, 5.74) is 6.05. The van der Waals surface area contributed by atoms with Crippen molar-refractivity contribution in [1.82, 2.24) is 19.5 Å². The Hall–Kier alpha value is -5.78. The van der Waals surface area contributed by atoms with E-state index < -0.39 is 0 Å². The maximum atomic E-state index is 5.31. The summed E-state index contributed by atoms with van der Waals surface area (Å²) in [6.45, 7) is 4.62. The number of allylic oxidation sites excluding steroid dienone is 4. The Kier molecular flexibility index (Phi) is 6.58. The van der Waals surface area contributed by atoms with E-state index in [9.17, 15) is 0 Å². The average molecular weight is 621 g/mol. The summed E-state index contributed by atoms with van der Waals surface area (Å²) in [5, 5.41) is 6.99. The molecule has 47 heavy (non-hydrogen) atoms. The van der Waals surface area contributed by atoms with E-state index in [0.717, 1.165) is 55.2 Å².